The molecule has 1 aromatic heterocycles. The van der Waals surface area contributed by atoms with Gasteiger partial charge in [0.1, 0.15) is 17.8 Å². The number of esters is 1. The van der Waals surface area contributed by atoms with Crippen LogP contribution in [0.4, 0.5) is 0 Å². The second-order valence-electron chi connectivity index (χ2n) is 7.71. The van der Waals surface area contributed by atoms with Crippen molar-refractivity contribution in [2.45, 2.75) is 71.9 Å². The van der Waals surface area contributed by atoms with Crippen LogP contribution in [0.3, 0.4) is 0 Å². The Morgan fingerprint density at radius 2 is 1.80 bits per heavy atom. The van der Waals surface area contributed by atoms with Gasteiger partial charge < -0.3 is 19.6 Å². The maximum atomic E-state index is 12.5. The summed E-state index contributed by atoms with van der Waals surface area (Å²) in [6.07, 6.45) is 1.55. The molecular formula is C18H27NO6. The first kappa shape index (κ1) is 20.7. The molecule has 0 aromatic carbocycles. The molecule has 7 nitrogen and oxygen atoms in total. The first-order valence-electron chi connectivity index (χ1n) is 8.14. The number of aliphatic carboxylic acids is 1. The summed E-state index contributed by atoms with van der Waals surface area (Å²) >= 11 is 0. The average Bonchev–Trinajstić information content (AvgIpc) is 2.74. The van der Waals surface area contributed by atoms with E-state index in [1.807, 2.05) is 0 Å². The molecule has 0 saturated carbocycles. The molecule has 1 rings (SSSR count). The number of carboxylic acids is 1. The molecule has 1 heterocycles. The number of furan rings is 1. The van der Waals surface area contributed by atoms with E-state index in [0.29, 0.717) is 12.0 Å². The predicted molar refractivity (Wildman–Crippen MR) is 91.4 cm³/mol. The second-order valence-corrected chi connectivity index (χ2v) is 7.71. The van der Waals surface area contributed by atoms with E-state index in [2.05, 4.69) is 5.32 Å². The van der Waals surface area contributed by atoms with Crippen LogP contribution in [0.15, 0.2) is 10.7 Å². The van der Waals surface area contributed by atoms with E-state index in [9.17, 15) is 14.4 Å². The standard InChI is InChI=1S/C18H27NO6/c1-11-10-24-12(9-13(20)21)15(11)16(23)19-18(5,6)8-7-14(22)25-17(2,3)4/h10H,7-9H2,1-6H3,(H,19,23)(H,20,21). The zero-order valence-electron chi connectivity index (χ0n) is 15.7. The van der Waals surface area contributed by atoms with Gasteiger partial charge in [-0.3, -0.25) is 14.4 Å². The fourth-order valence-corrected chi connectivity index (χ4v) is 2.31. The van der Waals surface area contributed by atoms with Gasteiger partial charge >= 0.3 is 11.9 Å². The molecule has 1 amide bonds. The summed E-state index contributed by atoms with van der Waals surface area (Å²) in [4.78, 5) is 35.3. The van der Waals surface area contributed by atoms with E-state index >= 15 is 0 Å². The minimum Gasteiger partial charge on any atom is -0.481 e. The summed E-state index contributed by atoms with van der Waals surface area (Å²) in [5, 5.41) is 11.7. The van der Waals surface area contributed by atoms with E-state index in [0.717, 1.165) is 0 Å². The third kappa shape index (κ3) is 6.99. The molecule has 1 aromatic rings. The van der Waals surface area contributed by atoms with Gasteiger partial charge in [-0.15, -0.1) is 0 Å². The smallest absolute Gasteiger partial charge is 0.311 e. The summed E-state index contributed by atoms with van der Waals surface area (Å²) in [5.41, 5.74) is -0.424. The fraction of sp³-hybridized carbons (Fsp3) is 0.611. The first-order chi connectivity index (χ1) is 11.3. The number of carbonyl (C=O) groups is 3. The molecule has 0 aliphatic heterocycles. The summed E-state index contributed by atoms with van der Waals surface area (Å²) < 4.78 is 10.4. The molecule has 0 radical (unpaired) electrons. The summed E-state index contributed by atoms with van der Waals surface area (Å²) in [6.45, 7) is 10.6. The van der Waals surface area contributed by atoms with Gasteiger partial charge in [-0.05, 0) is 48.0 Å². The highest BCUT2D eigenvalue weighted by Crippen LogP contribution is 2.20. The first-order valence-corrected chi connectivity index (χ1v) is 8.14. The highest BCUT2D eigenvalue weighted by molar-refractivity contribution is 5.97. The molecule has 0 bridgehead atoms. The van der Waals surface area contributed by atoms with E-state index in [1.165, 1.54) is 6.26 Å². The third-order valence-corrected chi connectivity index (χ3v) is 3.42. The van der Waals surface area contributed by atoms with Crippen molar-refractivity contribution in [3.8, 4) is 0 Å². The molecule has 0 fully saturated rings. The van der Waals surface area contributed by atoms with Gasteiger partial charge in [-0.2, -0.15) is 0 Å². The lowest BCUT2D eigenvalue weighted by Crippen LogP contribution is -2.44. The van der Waals surface area contributed by atoms with Crippen molar-refractivity contribution in [1.29, 1.82) is 0 Å². The summed E-state index contributed by atoms with van der Waals surface area (Å²) in [6, 6.07) is 0. The predicted octanol–water partition coefficient (Wildman–Crippen LogP) is 2.85. The van der Waals surface area contributed by atoms with E-state index < -0.39 is 23.0 Å². The second kappa shape index (κ2) is 7.72. The van der Waals surface area contributed by atoms with Crippen LogP contribution in [-0.4, -0.2) is 34.1 Å². The van der Waals surface area contributed by atoms with Gasteiger partial charge in [0.15, 0.2) is 0 Å². The van der Waals surface area contributed by atoms with E-state index in [4.69, 9.17) is 14.3 Å². The molecule has 0 unspecified atom stereocenters. The minimum atomic E-state index is -1.08. The topological polar surface area (TPSA) is 106 Å². The Morgan fingerprint density at radius 1 is 1.20 bits per heavy atom. The van der Waals surface area contributed by atoms with Crippen LogP contribution in [0.25, 0.3) is 0 Å². The van der Waals surface area contributed by atoms with Crippen LogP contribution in [-0.2, 0) is 20.7 Å². The lowest BCUT2D eigenvalue weighted by Gasteiger charge is -2.27. The van der Waals surface area contributed by atoms with Crippen molar-refractivity contribution in [1.82, 2.24) is 5.32 Å². The van der Waals surface area contributed by atoms with Crippen molar-refractivity contribution in [3.05, 3.63) is 23.2 Å². The van der Waals surface area contributed by atoms with Gasteiger partial charge in [0.2, 0.25) is 0 Å². The van der Waals surface area contributed by atoms with Crippen molar-refractivity contribution in [2.75, 3.05) is 0 Å². The number of hydrogen-bond donors (Lipinski definition) is 2. The quantitative estimate of drug-likeness (QED) is 0.730. The minimum absolute atomic E-state index is 0.116. The molecule has 0 atom stereocenters. The largest absolute Gasteiger partial charge is 0.481 e. The highest BCUT2D eigenvalue weighted by Gasteiger charge is 2.27. The van der Waals surface area contributed by atoms with Crippen LogP contribution in [0, 0.1) is 6.92 Å². The fourth-order valence-electron chi connectivity index (χ4n) is 2.31. The molecule has 140 valence electrons. The highest BCUT2D eigenvalue weighted by atomic mass is 16.6. The maximum absolute atomic E-state index is 12.5. The molecule has 0 aliphatic carbocycles. The van der Waals surface area contributed by atoms with Gasteiger partial charge in [0.05, 0.1) is 11.8 Å². The molecule has 25 heavy (non-hydrogen) atoms. The third-order valence-electron chi connectivity index (χ3n) is 3.42. The average molecular weight is 353 g/mol. The Morgan fingerprint density at radius 3 is 2.32 bits per heavy atom. The lowest BCUT2D eigenvalue weighted by molar-refractivity contribution is -0.155. The summed E-state index contributed by atoms with van der Waals surface area (Å²) in [7, 11) is 0. The van der Waals surface area contributed by atoms with Crippen LogP contribution in [0.2, 0.25) is 0 Å². The molecule has 2 N–H and O–H groups in total. The van der Waals surface area contributed by atoms with E-state index in [-0.39, 0.29) is 30.1 Å². The molecular weight excluding hydrogens is 326 g/mol. The zero-order chi connectivity index (χ0) is 19.4. The van der Waals surface area contributed by atoms with Crippen molar-refractivity contribution >= 4 is 17.8 Å². The Labute approximate surface area is 147 Å². The number of ether oxygens (including phenoxy) is 1. The Kier molecular flexibility index (Phi) is 6.40. The number of nitrogens with one attached hydrogen (secondary N) is 1. The Hall–Kier alpha value is -2.31. The maximum Gasteiger partial charge on any atom is 0.311 e. The number of rotatable bonds is 7. The van der Waals surface area contributed by atoms with Crippen LogP contribution in [0.1, 0.15) is 69.1 Å². The number of hydrogen-bond acceptors (Lipinski definition) is 5. The number of carboxylic acid groups (broad SMARTS) is 1. The Bertz CT molecular complexity index is 651. The lowest BCUT2D eigenvalue weighted by atomic mass is 9.97. The molecule has 0 saturated heterocycles. The van der Waals surface area contributed by atoms with Crippen LogP contribution < -0.4 is 5.32 Å². The molecule has 0 aliphatic rings. The van der Waals surface area contributed by atoms with Crippen molar-refractivity contribution in [3.63, 3.8) is 0 Å². The normalized spacial score (nSPS) is 11.9. The number of amides is 1. The van der Waals surface area contributed by atoms with Gasteiger partial charge in [-0.1, -0.05) is 0 Å². The van der Waals surface area contributed by atoms with Crippen molar-refractivity contribution in [2.24, 2.45) is 0 Å². The van der Waals surface area contributed by atoms with Crippen molar-refractivity contribution < 1.29 is 28.6 Å². The molecule has 7 heteroatoms. The summed E-state index contributed by atoms with van der Waals surface area (Å²) in [5.74, 6) is -1.71. The van der Waals surface area contributed by atoms with Crippen LogP contribution in [0.5, 0.6) is 0 Å². The number of carbonyl (C=O) groups excluding carboxylic acids is 2. The molecule has 0 spiro atoms. The van der Waals surface area contributed by atoms with Gasteiger partial charge in [-0.25, -0.2) is 0 Å². The zero-order valence-corrected chi connectivity index (χ0v) is 15.7. The van der Waals surface area contributed by atoms with E-state index in [1.54, 1.807) is 41.5 Å². The monoisotopic (exact) mass is 353 g/mol. The Balaban J connectivity index is 2.74. The van der Waals surface area contributed by atoms with Crippen LogP contribution >= 0.6 is 0 Å². The SMILES string of the molecule is Cc1coc(CC(=O)O)c1C(=O)NC(C)(C)CCC(=O)OC(C)(C)C. The van der Waals surface area contributed by atoms with Gasteiger partial charge in [0.25, 0.3) is 5.91 Å². The number of aryl methyl sites for hydroxylation is 1. The van der Waals surface area contributed by atoms with Gasteiger partial charge in [0, 0.05) is 17.5 Å².